The molecule has 0 saturated carbocycles. The highest BCUT2D eigenvalue weighted by atomic mass is 35.5. The fraction of sp³-hybridized carbons (Fsp3) is 0.375. The molecule has 2 aliphatic rings. The van der Waals surface area contributed by atoms with Gasteiger partial charge in [-0.2, -0.15) is 0 Å². The van der Waals surface area contributed by atoms with Crippen LogP contribution in [0.1, 0.15) is 18.5 Å². The van der Waals surface area contributed by atoms with Gasteiger partial charge in [-0.05, 0) is 36.8 Å². The number of carbonyl (C=O) groups excluding carboxylic acids is 2. The molecule has 2 aromatic carbocycles. The number of piperazine rings is 1. The molecule has 8 nitrogen and oxygen atoms in total. The van der Waals surface area contributed by atoms with Gasteiger partial charge in [0.25, 0.3) is 0 Å². The molecule has 2 aromatic rings. The first-order chi connectivity index (χ1) is 16.0. The van der Waals surface area contributed by atoms with Crippen molar-refractivity contribution >= 4 is 35.1 Å². The van der Waals surface area contributed by atoms with Crippen molar-refractivity contribution in [3.8, 4) is 5.75 Å². The summed E-state index contributed by atoms with van der Waals surface area (Å²) in [5, 5.41) is 3.34. The molecule has 0 aliphatic carbocycles. The lowest BCUT2D eigenvalue weighted by Gasteiger charge is -2.40. The summed E-state index contributed by atoms with van der Waals surface area (Å²) >= 11 is 6.18. The highest BCUT2D eigenvalue weighted by Gasteiger charge is 2.42. The number of carbonyl (C=O) groups is 2. The number of benzene rings is 2. The van der Waals surface area contributed by atoms with E-state index in [4.69, 9.17) is 26.1 Å². The van der Waals surface area contributed by atoms with Crippen molar-refractivity contribution in [3.05, 3.63) is 59.1 Å². The predicted octanol–water partition coefficient (Wildman–Crippen LogP) is 2.88. The highest BCUT2D eigenvalue weighted by Crippen LogP contribution is 2.33. The van der Waals surface area contributed by atoms with Gasteiger partial charge < -0.3 is 19.3 Å². The van der Waals surface area contributed by atoms with Gasteiger partial charge in [0.2, 0.25) is 11.9 Å². The molecule has 1 saturated heterocycles. The predicted molar refractivity (Wildman–Crippen MR) is 127 cm³/mol. The molecule has 4 rings (SSSR count). The summed E-state index contributed by atoms with van der Waals surface area (Å²) in [5.41, 5.74) is 1.73. The molecule has 0 aromatic heterocycles. The number of nitrogens with zero attached hydrogens (tertiary/aromatic N) is 3. The maximum atomic E-state index is 13.0. The molecule has 1 fully saturated rings. The van der Waals surface area contributed by atoms with Gasteiger partial charge in [0.1, 0.15) is 11.8 Å². The third-order valence-electron chi connectivity index (χ3n) is 5.83. The lowest BCUT2D eigenvalue weighted by Crippen LogP contribution is -2.57. The van der Waals surface area contributed by atoms with Crippen molar-refractivity contribution in [1.29, 1.82) is 0 Å². The molecule has 2 atom stereocenters. The average molecular weight is 471 g/mol. The zero-order valence-corrected chi connectivity index (χ0v) is 19.4. The van der Waals surface area contributed by atoms with Crippen molar-refractivity contribution in [1.82, 2.24) is 10.2 Å². The van der Waals surface area contributed by atoms with Crippen LogP contribution in [0.15, 0.2) is 53.5 Å². The first-order valence-electron chi connectivity index (χ1n) is 11.0. The number of anilines is 1. The van der Waals surface area contributed by atoms with Crippen LogP contribution in [0.4, 0.5) is 5.69 Å². The summed E-state index contributed by atoms with van der Waals surface area (Å²) in [4.78, 5) is 34.7. The standard InChI is InChI=1S/C24H27ClN4O4/c1-3-33-23(31)20-21(16-7-6-8-17(25)15-16)26-24(27-22(20)30)29-13-11-28(12-14-29)18-9-4-5-10-19(18)32-2/h4-10,15,20-21H,3,11-14H2,1-2H3,(H,26,27,30)/t20-,21-/m1/s1. The molecule has 1 amide bonds. The van der Waals surface area contributed by atoms with Crippen molar-refractivity contribution < 1.29 is 19.1 Å². The zero-order chi connectivity index (χ0) is 23.4. The van der Waals surface area contributed by atoms with Crippen LogP contribution in [0.25, 0.3) is 0 Å². The van der Waals surface area contributed by atoms with Gasteiger partial charge in [0, 0.05) is 31.2 Å². The number of amides is 1. The van der Waals surface area contributed by atoms with Crippen LogP contribution in [0.3, 0.4) is 0 Å². The second-order valence-electron chi connectivity index (χ2n) is 7.82. The van der Waals surface area contributed by atoms with Crippen LogP contribution in [0, 0.1) is 5.92 Å². The Bertz CT molecular complexity index is 1050. The van der Waals surface area contributed by atoms with Crippen LogP contribution in [0.5, 0.6) is 5.75 Å². The number of ether oxygens (including phenoxy) is 2. The lowest BCUT2D eigenvalue weighted by molar-refractivity contribution is -0.153. The summed E-state index contributed by atoms with van der Waals surface area (Å²) in [6.45, 7) is 4.68. The third-order valence-corrected chi connectivity index (χ3v) is 6.07. The van der Waals surface area contributed by atoms with Crippen molar-refractivity contribution in [2.45, 2.75) is 13.0 Å². The molecule has 2 aliphatic heterocycles. The molecule has 0 unspecified atom stereocenters. The number of hydrogen-bond acceptors (Lipinski definition) is 7. The monoisotopic (exact) mass is 470 g/mol. The van der Waals surface area contributed by atoms with Gasteiger partial charge in [-0.15, -0.1) is 0 Å². The number of nitrogens with one attached hydrogen (secondary N) is 1. The van der Waals surface area contributed by atoms with Gasteiger partial charge in [-0.25, -0.2) is 4.99 Å². The van der Waals surface area contributed by atoms with Crippen molar-refractivity contribution in [2.24, 2.45) is 10.9 Å². The number of methoxy groups -OCH3 is 1. The second-order valence-corrected chi connectivity index (χ2v) is 8.25. The minimum atomic E-state index is -1.07. The Morgan fingerprint density at radius 1 is 1.12 bits per heavy atom. The van der Waals surface area contributed by atoms with E-state index in [9.17, 15) is 9.59 Å². The Morgan fingerprint density at radius 3 is 2.55 bits per heavy atom. The fourth-order valence-electron chi connectivity index (χ4n) is 4.21. The molecule has 0 bridgehead atoms. The van der Waals surface area contributed by atoms with Crippen LogP contribution in [-0.2, 0) is 14.3 Å². The van der Waals surface area contributed by atoms with Gasteiger partial charge in [0.05, 0.1) is 19.4 Å². The van der Waals surface area contributed by atoms with Gasteiger partial charge in [0.15, 0.2) is 5.92 Å². The van der Waals surface area contributed by atoms with E-state index in [1.807, 2.05) is 35.2 Å². The van der Waals surface area contributed by atoms with Crippen molar-refractivity contribution in [3.63, 3.8) is 0 Å². The SMILES string of the molecule is CCOC(=O)[C@H]1C(=O)NC(N2CCN(c3ccccc3OC)CC2)=N[C@@H]1c1cccc(Cl)c1. The largest absolute Gasteiger partial charge is 0.495 e. The maximum absolute atomic E-state index is 13.0. The molecule has 0 spiro atoms. The molecular weight excluding hydrogens is 444 g/mol. The number of para-hydroxylation sites is 2. The highest BCUT2D eigenvalue weighted by molar-refractivity contribution is 6.30. The average Bonchev–Trinajstić information content (AvgIpc) is 2.83. The summed E-state index contributed by atoms with van der Waals surface area (Å²) in [6.07, 6.45) is 0. The van der Waals surface area contributed by atoms with Crippen LogP contribution in [0.2, 0.25) is 5.02 Å². The quantitative estimate of drug-likeness (QED) is 0.534. The van der Waals surface area contributed by atoms with E-state index in [2.05, 4.69) is 10.2 Å². The minimum absolute atomic E-state index is 0.187. The summed E-state index contributed by atoms with van der Waals surface area (Å²) < 4.78 is 10.7. The number of aliphatic imine (C=N–C) groups is 1. The molecule has 2 heterocycles. The van der Waals surface area contributed by atoms with Crippen LogP contribution < -0.4 is 15.0 Å². The van der Waals surface area contributed by atoms with Crippen LogP contribution in [-0.4, -0.2) is 62.6 Å². The summed E-state index contributed by atoms with van der Waals surface area (Å²) in [5.74, 6) is -0.792. The summed E-state index contributed by atoms with van der Waals surface area (Å²) in [6, 6.07) is 14.3. The van der Waals surface area contributed by atoms with Gasteiger partial charge >= 0.3 is 5.97 Å². The van der Waals surface area contributed by atoms with E-state index in [0.717, 1.165) is 24.5 Å². The number of hydrogen-bond donors (Lipinski definition) is 1. The van der Waals surface area contributed by atoms with E-state index in [0.29, 0.717) is 29.6 Å². The lowest BCUT2D eigenvalue weighted by atomic mass is 9.91. The molecule has 0 radical (unpaired) electrons. The Labute approximate surface area is 198 Å². The fourth-order valence-corrected chi connectivity index (χ4v) is 4.41. The third kappa shape index (κ3) is 4.90. The van der Waals surface area contributed by atoms with Crippen LogP contribution >= 0.6 is 11.6 Å². The Kier molecular flexibility index (Phi) is 7.03. The molecule has 33 heavy (non-hydrogen) atoms. The Morgan fingerprint density at radius 2 is 1.85 bits per heavy atom. The van der Waals surface area contributed by atoms with Gasteiger partial charge in [-0.1, -0.05) is 35.9 Å². The second kappa shape index (κ2) is 10.1. The molecular formula is C24H27ClN4O4. The number of esters is 1. The first-order valence-corrected chi connectivity index (χ1v) is 11.3. The topological polar surface area (TPSA) is 83.5 Å². The molecule has 9 heteroatoms. The van der Waals surface area contributed by atoms with E-state index < -0.39 is 23.8 Å². The normalized spacial score (nSPS) is 20.7. The smallest absolute Gasteiger partial charge is 0.321 e. The van der Waals surface area contributed by atoms with E-state index in [1.165, 1.54) is 0 Å². The minimum Gasteiger partial charge on any atom is -0.495 e. The zero-order valence-electron chi connectivity index (χ0n) is 18.7. The first kappa shape index (κ1) is 22.9. The maximum Gasteiger partial charge on any atom is 0.321 e. The Hall–Kier alpha value is -3.26. The summed E-state index contributed by atoms with van der Waals surface area (Å²) in [7, 11) is 1.66. The van der Waals surface area contributed by atoms with E-state index in [1.54, 1.807) is 32.2 Å². The van der Waals surface area contributed by atoms with E-state index >= 15 is 0 Å². The molecule has 174 valence electrons. The number of rotatable bonds is 5. The van der Waals surface area contributed by atoms with Gasteiger partial charge in [-0.3, -0.25) is 14.9 Å². The molecule has 1 N–H and O–H groups in total. The van der Waals surface area contributed by atoms with Crippen molar-refractivity contribution in [2.75, 3.05) is 44.8 Å². The van der Waals surface area contributed by atoms with E-state index in [-0.39, 0.29) is 6.61 Å². The Balaban J connectivity index is 1.57. The number of halogens is 1. The number of guanidine groups is 1.